The Morgan fingerprint density at radius 1 is 0.923 bits per heavy atom. The predicted molar refractivity (Wildman–Crippen MR) is 104 cm³/mol. The summed E-state index contributed by atoms with van der Waals surface area (Å²) in [6.07, 6.45) is 0. The maximum Gasteiger partial charge on any atom is 0.270 e. The van der Waals surface area contributed by atoms with Crippen LogP contribution in [0.3, 0.4) is 0 Å². The van der Waals surface area contributed by atoms with Crippen LogP contribution < -0.4 is 10.3 Å². The van der Waals surface area contributed by atoms with Gasteiger partial charge in [-0.05, 0) is 36.4 Å². The summed E-state index contributed by atoms with van der Waals surface area (Å²) < 4.78 is 6.96. The molecule has 0 spiro atoms. The van der Waals surface area contributed by atoms with Crippen LogP contribution in [-0.2, 0) is 0 Å². The number of fused-ring (bicyclic) bond motifs is 1. The lowest BCUT2D eigenvalue weighted by molar-refractivity contribution is 0.419. The maximum absolute atomic E-state index is 13.4. The average Bonchev–Trinajstić information content (AvgIpc) is 2.68. The van der Waals surface area contributed by atoms with E-state index in [1.54, 1.807) is 29.9 Å². The molecule has 1 aromatic heterocycles. The summed E-state index contributed by atoms with van der Waals surface area (Å²) in [6.45, 7) is 0. The molecule has 0 aliphatic rings. The molecule has 128 valence electrons. The molecule has 0 fully saturated rings. The SMILES string of the molecule is COc1cccc2nc(-c3ccccc3Cl)n(-c3ccccc3)c(=O)c12. The zero-order chi connectivity index (χ0) is 18.1. The number of rotatable bonds is 3. The summed E-state index contributed by atoms with van der Waals surface area (Å²) in [7, 11) is 1.54. The van der Waals surface area contributed by atoms with E-state index in [0.29, 0.717) is 38.8 Å². The number of benzene rings is 3. The van der Waals surface area contributed by atoms with E-state index in [0.717, 1.165) is 0 Å². The van der Waals surface area contributed by atoms with Gasteiger partial charge in [0.2, 0.25) is 0 Å². The van der Waals surface area contributed by atoms with Crippen molar-refractivity contribution in [2.45, 2.75) is 0 Å². The monoisotopic (exact) mass is 362 g/mol. The van der Waals surface area contributed by atoms with Gasteiger partial charge in [-0.1, -0.05) is 48.0 Å². The van der Waals surface area contributed by atoms with Crippen LogP contribution in [0.2, 0.25) is 5.02 Å². The van der Waals surface area contributed by atoms with E-state index >= 15 is 0 Å². The average molecular weight is 363 g/mol. The number of halogens is 1. The second kappa shape index (κ2) is 6.65. The first-order valence-corrected chi connectivity index (χ1v) is 8.48. The van der Waals surface area contributed by atoms with Crippen LogP contribution in [-0.4, -0.2) is 16.7 Å². The van der Waals surface area contributed by atoms with Crippen molar-refractivity contribution in [1.82, 2.24) is 9.55 Å². The minimum absolute atomic E-state index is 0.200. The number of nitrogens with zero attached hydrogens (tertiary/aromatic N) is 2. The Balaban J connectivity index is 2.18. The molecule has 3 aromatic carbocycles. The van der Waals surface area contributed by atoms with Crippen LogP contribution in [0.25, 0.3) is 28.0 Å². The molecule has 0 N–H and O–H groups in total. The van der Waals surface area contributed by atoms with Crippen LogP contribution >= 0.6 is 11.6 Å². The Bertz CT molecular complexity index is 1150. The first-order valence-electron chi connectivity index (χ1n) is 8.11. The Morgan fingerprint density at radius 2 is 1.65 bits per heavy atom. The van der Waals surface area contributed by atoms with Crippen LogP contribution in [0.5, 0.6) is 5.75 Å². The van der Waals surface area contributed by atoms with Crippen molar-refractivity contribution in [3.63, 3.8) is 0 Å². The molecule has 0 bridgehead atoms. The number of methoxy groups -OCH3 is 1. The van der Waals surface area contributed by atoms with Crippen LogP contribution in [0, 0.1) is 0 Å². The molecule has 0 amide bonds. The fourth-order valence-corrected chi connectivity index (χ4v) is 3.23. The third-order valence-electron chi connectivity index (χ3n) is 4.21. The molecule has 5 heteroatoms. The summed E-state index contributed by atoms with van der Waals surface area (Å²) in [4.78, 5) is 18.2. The number of hydrogen-bond acceptors (Lipinski definition) is 3. The topological polar surface area (TPSA) is 44.1 Å². The van der Waals surface area contributed by atoms with Crippen molar-refractivity contribution in [3.8, 4) is 22.8 Å². The van der Waals surface area contributed by atoms with Crippen molar-refractivity contribution >= 4 is 22.5 Å². The van der Waals surface area contributed by atoms with E-state index in [1.165, 1.54) is 0 Å². The normalized spacial score (nSPS) is 10.8. The Morgan fingerprint density at radius 3 is 2.38 bits per heavy atom. The third-order valence-corrected chi connectivity index (χ3v) is 4.54. The first kappa shape index (κ1) is 16.4. The maximum atomic E-state index is 13.4. The molecule has 0 saturated heterocycles. The minimum atomic E-state index is -0.200. The van der Waals surface area contributed by atoms with Gasteiger partial charge >= 0.3 is 0 Å². The molecule has 26 heavy (non-hydrogen) atoms. The predicted octanol–water partition coefficient (Wildman–Crippen LogP) is 4.71. The number of aromatic nitrogens is 2. The van der Waals surface area contributed by atoms with Crippen molar-refractivity contribution < 1.29 is 4.74 Å². The van der Waals surface area contributed by atoms with Gasteiger partial charge in [0.25, 0.3) is 5.56 Å². The minimum Gasteiger partial charge on any atom is -0.496 e. The zero-order valence-corrected chi connectivity index (χ0v) is 14.8. The van der Waals surface area contributed by atoms with Crippen molar-refractivity contribution in [1.29, 1.82) is 0 Å². The Labute approximate surface area is 155 Å². The van der Waals surface area contributed by atoms with Gasteiger partial charge in [0.15, 0.2) is 0 Å². The summed E-state index contributed by atoms with van der Waals surface area (Å²) in [5.74, 6) is 0.989. The number of ether oxygens (including phenoxy) is 1. The molecular weight excluding hydrogens is 348 g/mol. The van der Waals surface area contributed by atoms with Gasteiger partial charge in [0, 0.05) is 5.56 Å². The molecule has 0 aliphatic heterocycles. The molecule has 4 nitrogen and oxygen atoms in total. The smallest absolute Gasteiger partial charge is 0.270 e. The quantitative estimate of drug-likeness (QED) is 0.530. The molecule has 0 atom stereocenters. The van der Waals surface area contributed by atoms with Gasteiger partial charge in [-0.2, -0.15) is 0 Å². The lowest BCUT2D eigenvalue weighted by Crippen LogP contribution is -2.22. The van der Waals surface area contributed by atoms with Gasteiger partial charge in [-0.3, -0.25) is 9.36 Å². The number of hydrogen-bond donors (Lipinski definition) is 0. The highest BCUT2D eigenvalue weighted by Crippen LogP contribution is 2.30. The molecule has 4 rings (SSSR count). The summed E-state index contributed by atoms with van der Waals surface area (Å²) >= 11 is 6.40. The van der Waals surface area contributed by atoms with Gasteiger partial charge in [0.1, 0.15) is 17.0 Å². The summed E-state index contributed by atoms with van der Waals surface area (Å²) in [5.41, 5.74) is 1.78. The largest absolute Gasteiger partial charge is 0.496 e. The van der Waals surface area contributed by atoms with Gasteiger partial charge < -0.3 is 4.74 Å². The standard InChI is InChI=1S/C21H15ClN2O2/c1-26-18-13-7-12-17-19(18)21(25)24(14-8-3-2-4-9-14)20(23-17)15-10-5-6-11-16(15)22/h2-13H,1H3. The zero-order valence-electron chi connectivity index (χ0n) is 14.0. The summed E-state index contributed by atoms with van der Waals surface area (Å²) in [5, 5.41) is 0.973. The highest BCUT2D eigenvalue weighted by molar-refractivity contribution is 6.33. The van der Waals surface area contributed by atoms with E-state index in [9.17, 15) is 4.79 Å². The first-order chi connectivity index (χ1) is 12.7. The van der Waals surface area contributed by atoms with Crippen LogP contribution in [0.15, 0.2) is 77.6 Å². The second-order valence-corrected chi connectivity index (χ2v) is 6.15. The highest BCUT2D eigenvalue weighted by atomic mass is 35.5. The fraction of sp³-hybridized carbons (Fsp3) is 0.0476. The van der Waals surface area contributed by atoms with E-state index in [2.05, 4.69) is 0 Å². The van der Waals surface area contributed by atoms with E-state index in [1.807, 2.05) is 54.6 Å². The molecule has 1 heterocycles. The van der Waals surface area contributed by atoms with E-state index in [-0.39, 0.29) is 5.56 Å². The third kappa shape index (κ3) is 2.65. The Hall–Kier alpha value is -3.11. The lowest BCUT2D eigenvalue weighted by Gasteiger charge is -2.15. The Kier molecular flexibility index (Phi) is 4.19. The molecule has 4 aromatic rings. The lowest BCUT2D eigenvalue weighted by atomic mass is 10.1. The van der Waals surface area contributed by atoms with E-state index < -0.39 is 0 Å². The van der Waals surface area contributed by atoms with Gasteiger partial charge in [-0.15, -0.1) is 0 Å². The molecule has 0 unspecified atom stereocenters. The van der Waals surface area contributed by atoms with Gasteiger partial charge in [0.05, 0.1) is 23.3 Å². The van der Waals surface area contributed by atoms with Crippen LogP contribution in [0.1, 0.15) is 0 Å². The van der Waals surface area contributed by atoms with E-state index in [4.69, 9.17) is 21.3 Å². The van der Waals surface area contributed by atoms with Crippen molar-refractivity contribution in [3.05, 3.63) is 88.2 Å². The highest BCUT2D eigenvalue weighted by Gasteiger charge is 2.18. The fourth-order valence-electron chi connectivity index (χ4n) is 3.01. The molecule has 0 aliphatic carbocycles. The van der Waals surface area contributed by atoms with Gasteiger partial charge in [-0.25, -0.2) is 4.98 Å². The molecular formula is C21H15ClN2O2. The summed E-state index contributed by atoms with van der Waals surface area (Å²) in [6, 6.07) is 22.1. The number of para-hydroxylation sites is 1. The second-order valence-electron chi connectivity index (χ2n) is 5.75. The van der Waals surface area contributed by atoms with Crippen LogP contribution in [0.4, 0.5) is 0 Å². The van der Waals surface area contributed by atoms with Crippen molar-refractivity contribution in [2.24, 2.45) is 0 Å². The molecule has 0 saturated carbocycles. The van der Waals surface area contributed by atoms with Crippen molar-refractivity contribution in [2.75, 3.05) is 7.11 Å². The molecule has 0 radical (unpaired) electrons.